The summed E-state index contributed by atoms with van der Waals surface area (Å²) in [6.07, 6.45) is 4.04. The summed E-state index contributed by atoms with van der Waals surface area (Å²) in [6.45, 7) is 7.29. The van der Waals surface area contributed by atoms with E-state index in [0.29, 0.717) is 0 Å². The standard InChI is InChI=1S/C21H28N6/c1-17(19-7-4-5-10-22-19)25(3)15-18-16-27-20(23-18)8-6-9-21(27)26-13-11-24(2)12-14-26/h4-10,16-17H,11-15H2,1-3H3. The van der Waals surface area contributed by atoms with Crippen LogP contribution in [-0.2, 0) is 6.54 Å². The molecule has 0 aliphatic carbocycles. The molecule has 27 heavy (non-hydrogen) atoms. The maximum Gasteiger partial charge on any atom is 0.138 e. The zero-order valence-electron chi connectivity index (χ0n) is 16.4. The van der Waals surface area contributed by atoms with E-state index in [4.69, 9.17) is 4.98 Å². The summed E-state index contributed by atoms with van der Waals surface area (Å²) in [7, 11) is 4.32. The summed E-state index contributed by atoms with van der Waals surface area (Å²) >= 11 is 0. The molecule has 4 heterocycles. The molecule has 4 rings (SSSR count). The average molecular weight is 364 g/mol. The molecule has 1 aliphatic rings. The van der Waals surface area contributed by atoms with Gasteiger partial charge in [-0.2, -0.15) is 0 Å². The number of piperazine rings is 1. The highest BCUT2D eigenvalue weighted by Gasteiger charge is 2.18. The van der Waals surface area contributed by atoms with Crippen LogP contribution >= 0.6 is 0 Å². The number of imidazole rings is 1. The van der Waals surface area contributed by atoms with E-state index in [-0.39, 0.29) is 6.04 Å². The largest absolute Gasteiger partial charge is 0.355 e. The Kier molecular flexibility index (Phi) is 5.09. The second-order valence-corrected chi connectivity index (χ2v) is 7.48. The Morgan fingerprint density at radius 2 is 1.89 bits per heavy atom. The maximum atomic E-state index is 4.86. The second kappa shape index (κ2) is 7.66. The molecule has 0 spiro atoms. The zero-order chi connectivity index (χ0) is 18.8. The first-order valence-corrected chi connectivity index (χ1v) is 9.63. The van der Waals surface area contributed by atoms with Crippen LogP contribution < -0.4 is 4.90 Å². The van der Waals surface area contributed by atoms with Gasteiger partial charge in [-0.05, 0) is 45.3 Å². The predicted octanol–water partition coefficient (Wildman–Crippen LogP) is 2.67. The number of aromatic nitrogens is 3. The van der Waals surface area contributed by atoms with E-state index in [1.165, 1.54) is 5.82 Å². The molecule has 3 aromatic rings. The van der Waals surface area contributed by atoms with Gasteiger partial charge in [0.05, 0.1) is 11.4 Å². The van der Waals surface area contributed by atoms with Crippen LogP contribution in [0.1, 0.15) is 24.4 Å². The summed E-state index contributed by atoms with van der Waals surface area (Å²) in [4.78, 5) is 16.5. The molecule has 0 radical (unpaired) electrons. The topological polar surface area (TPSA) is 39.9 Å². The molecule has 6 heteroatoms. The monoisotopic (exact) mass is 364 g/mol. The lowest BCUT2D eigenvalue weighted by molar-refractivity contribution is 0.246. The third kappa shape index (κ3) is 3.82. The van der Waals surface area contributed by atoms with Gasteiger partial charge in [0.2, 0.25) is 0 Å². The van der Waals surface area contributed by atoms with Crippen LogP contribution in [0.2, 0.25) is 0 Å². The van der Waals surface area contributed by atoms with Crippen molar-refractivity contribution in [1.29, 1.82) is 0 Å². The minimum atomic E-state index is 0.244. The molecule has 3 aromatic heterocycles. The molecule has 1 saturated heterocycles. The van der Waals surface area contributed by atoms with Crippen molar-refractivity contribution in [3.63, 3.8) is 0 Å². The smallest absolute Gasteiger partial charge is 0.138 e. The number of rotatable bonds is 5. The van der Waals surface area contributed by atoms with Crippen molar-refractivity contribution in [2.75, 3.05) is 45.2 Å². The van der Waals surface area contributed by atoms with Gasteiger partial charge < -0.3 is 9.80 Å². The highest BCUT2D eigenvalue weighted by Crippen LogP contribution is 2.22. The summed E-state index contributed by atoms with van der Waals surface area (Å²) in [5.74, 6) is 1.24. The summed E-state index contributed by atoms with van der Waals surface area (Å²) < 4.78 is 2.24. The normalized spacial score (nSPS) is 17.0. The molecule has 1 fully saturated rings. The van der Waals surface area contributed by atoms with Crippen molar-refractivity contribution in [1.82, 2.24) is 24.2 Å². The van der Waals surface area contributed by atoms with E-state index >= 15 is 0 Å². The SMILES string of the molecule is CC(c1ccccn1)N(C)Cc1cn2c(N3CCN(C)CC3)cccc2n1. The first-order valence-electron chi connectivity index (χ1n) is 9.63. The van der Waals surface area contributed by atoms with Crippen molar-refractivity contribution < 1.29 is 0 Å². The molecule has 1 aliphatic heterocycles. The maximum absolute atomic E-state index is 4.86. The van der Waals surface area contributed by atoms with E-state index < -0.39 is 0 Å². The molecule has 6 nitrogen and oxygen atoms in total. The average Bonchev–Trinajstić information content (AvgIpc) is 3.11. The molecule has 1 atom stereocenters. The van der Waals surface area contributed by atoms with Crippen LogP contribution in [0.4, 0.5) is 5.82 Å². The number of fused-ring (bicyclic) bond motifs is 1. The molecule has 1 unspecified atom stereocenters. The van der Waals surface area contributed by atoms with Gasteiger partial charge in [-0.3, -0.25) is 14.3 Å². The minimum Gasteiger partial charge on any atom is -0.355 e. The Hall–Kier alpha value is -2.44. The Bertz CT molecular complexity index is 882. The molecule has 0 bridgehead atoms. The molecule has 0 N–H and O–H groups in total. The molecular formula is C21H28N6. The van der Waals surface area contributed by atoms with Gasteiger partial charge in [0.25, 0.3) is 0 Å². The zero-order valence-corrected chi connectivity index (χ0v) is 16.4. The Morgan fingerprint density at radius 3 is 2.63 bits per heavy atom. The Balaban J connectivity index is 1.54. The van der Waals surface area contributed by atoms with Gasteiger partial charge in [0.15, 0.2) is 0 Å². The van der Waals surface area contributed by atoms with Crippen LogP contribution in [-0.4, -0.2) is 64.4 Å². The van der Waals surface area contributed by atoms with Gasteiger partial charge >= 0.3 is 0 Å². The molecular weight excluding hydrogens is 336 g/mol. The van der Waals surface area contributed by atoms with Crippen LogP contribution in [0.15, 0.2) is 48.8 Å². The minimum absolute atomic E-state index is 0.244. The van der Waals surface area contributed by atoms with Gasteiger partial charge in [-0.25, -0.2) is 4.98 Å². The first kappa shape index (κ1) is 17.9. The number of pyridine rings is 2. The van der Waals surface area contributed by atoms with E-state index in [9.17, 15) is 0 Å². The Labute approximate surface area is 161 Å². The van der Waals surface area contributed by atoms with Crippen molar-refractivity contribution >= 4 is 11.5 Å². The number of likely N-dealkylation sites (N-methyl/N-ethyl adjacent to an activating group) is 1. The number of hydrogen-bond acceptors (Lipinski definition) is 5. The van der Waals surface area contributed by atoms with E-state index in [1.54, 1.807) is 0 Å². The highest BCUT2D eigenvalue weighted by atomic mass is 15.3. The third-order valence-electron chi connectivity index (χ3n) is 5.54. The van der Waals surface area contributed by atoms with Crippen molar-refractivity contribution in [3.05, 3.63) is 60.2 Å². The summed E-state index contributed by atoms with van der Waals surface area (Å²) in [5, 5.41) is 0. The van der Waals surface area contributed by atoms with Crippen molar-refractivity contribution in [2.45, 2.75) is 19.5 Å². The van der Waals surface area contributed by atoms with Gasteiger partial charge in [0, 0.05) is 51.2 Å². The second-order valence-electron chi connectivity index (χ2n) is 7.48. The number of anilines is 1. The van der Waals surface area contributed by atoms with Gasteiger partial charge in [-0.1, -0.05) is 12.1 Å². The third-order valence-corrected chi connectivity index (χ3v) is 5.54. The van der Waals surface area contributed by atoms with Crippen LogP contribution in [0.25, 0.3) is 5.65 Å². The van der Waals surface area contributed by atoms with E-state index in [0.717, 1.165) is 49.8 Å². The quantitative estimate of drug-likeness (QED) is 0.696. The van der Waals surface area contributed by atoms with Crippen LogP contribution in [0, 0.1) is 0 Å². The summed E-state index contributed by atoms with van der Waals surface area (Å²) in [6, 6.07) is 12.7. The lowest BCUT2D eigenvalue weighted by atomic mass is 10.2. The fourth-order valence-electron chi connectivity index (χ4n) is 3.66. The first-order chi connectivity index (χ1) is 13.1. The highest BCUT2D eigenvalue weighted by molar-refractivity contribution is 5.52. The fourth-order valence-corrected chi connectivity index (χ4v) is 3.66. The lowest BCUT2D eigenvalue weighted by Gasteiger charge is -2.34. The molecule has 0 saturated carbocycles. The fraction of sp³-hybridized carbons (Fsp3) is 0.429. The van der Waals surface area contributed by atoms with Crippen molar-refractivity contribution in [3.8, 4) is 0 Å². The summed E-state index contributed by atoms with van der Waals surface area (Å²) in [5.41, 5.74) is 3.18. The molecule has 0 amide bonds. The van der Waals surface area contributed by atoms with Crippen LogP contribution in [0.5, 0.6) is 0 Å². The van der Waals surface area contributed by atoms with Gasteiger partial charge in [-0.15, -0.1) is 0 Å². The van der Waals surface area contributed by atoms with E-state index in [1.807, 2.05) is 18.3 Å². The van der Waals surface area contributed by atoms with E-state index in [2.05, 4.69) is 75.6 Å². The Morgan fingerprint density at radius 1 is 1.07 bits per heavy atom. The van der Waals surface area contributed by atoms with Crippen molar-refractivity contribution in [2.24, 2.45) is 0 Å². The lowest BCUT2D eigenvalue weighted by Crippen LogP contribution is -2.45. The van der Waals surface area contributed by atoms with Crippen LogP contribution in [0.3, 0.4) is 0 Å². The molecule has 142 valence electrons. The molecule has 0 aromatic carbocycles. The van der Waals surface area contributed by atoms with Gasteiger partial charge in [0.1, 0.15) is 11.5 Å². The number of nitrogens with zero attached hydrogens (tertiary/aromatic N) is 6. The predicted molar refractivity (Wildman–Crippen MR) is 109 cm³/mol. The number of hydrogen-bond donors (Lipinski definition) is 0.